The van der Waals surface area contributed by atoms with Crippen LogP contribution in [0.3, 0.4) is 0 Å². The number of aromatic nitrogens is 1. The zero-order valence-corrected chi connectivity index (χ0v) is 11.4. The molecular formula is C15H16FN3O. The first-order valence-electron chi connectivity index (χ1n) is 6.37. The Bertz CT molecular complexity index is 616. The standard InChI is InChI=1S/C15H16FN3O/c1-3-19(12-7-4-6-11(16)10-12)15(20)13-8-5-9-18-14(13)17-2/h4-10H,3H2,1-2H3,(H,17,18). The van der Waals surface area contributed by atoms with E-state index in [2.05, 4.69) is 10.3 Å². The fourth-order valence-electron chi connectivity index (χ4n) is 2.01. The molecule has 0 spiro atoms. The van der Waals surface area contributed by atoms with Crippen molar-refractivity contribution in [3.63, 3.8) is 0 Å². The summed E-state index contributed by atoms with van der Waals surface area (Å²) in [7, 11) is 1.71. The van der Waals surface area contributed by atoms with E-state index in [4.69, 9.17) is 0 Å². The zero-order chi connectivity index (χ0) is 14.5. The van der Waals surface area contributed by atoms with E-state index in [1.54, 1.807) is 37.5 Å². The summed E-state index contributed by atoms with van der Waals surface area (Å²) in [6.45, 7) is 2.29. The van der Waals surface area contributed by atoms with Crippen molar-refractivity contribution in [2.24, 2.45) is 0 Å². The number of carbonyl (C=O) groups excluding carboxylic acids is 1. The first-order chi connectivity index (χ1) is 9.67. The zero-order valence-electron chi connectivity index (χ0n) is 11.4. The average Bonchev–Trinajstić information content (AvgIpc) is 2.48. The molecule has 2 aromatic rings. The number of nitrogens with one attached hydrogen (secondary N) is 1. The van der Waals surface area contributed by atoms with Gasteiger partial charge < -0.3 is 10.2 Å². The van der Waals surface area contributed by atoms with Crippen LogP contribution < -0.4 is 10.2 Å². The Labute approximate surface area is 117 Å². The van der Waals surface area contributed by atoms with Crippen molar-refractivity contribution in [3.8, 4) is 0 Å². The second-order valence-corrected chi connectivity index (χ2v) is 4.18. The second kappa shape index (κ2) is 6.14. The molecule has 1 N–H and O–H groups in total. The van der Waals surface area contributed by atoms with Crippen LogP contribution in [0.2, 0.25) is 0 Å². The number of anilines is 2. The van der Waals surface area contributed by atoms with Gasteiger partial charge in [0.25, 0.3) is 5.91 Å². The minimum Gasteiger partial charge on any atom is -0.372 e. The Morgan fingerprint density at radius 3 is 2.80 bits per heavy atom. The van der Waals surface area contributed by atoms with Crippen LogP contribution in [0, 0.1) is 5.82 Å². The number of rotatable bonds is 4. The molecule has 1 heterocycles. The number of halogens is 1. The van der Waals surface area contributed by atoms with Gasteiger partial charge >= 0.3 is 0 Å². The summed E-state index contributed by atoms with van der Waals surface area (Å²) >= 11 is 0. The Kier molecular flexibility index (Phi) is 4.30. The SMILES string of the molecule is CCN(C(=O)c1cccnc1NC)c1cccc(F)c1. The van der Waals surface area contributed by atoms with Crippen LogP contribution in [0.4, 0.5) is 15.9 Å². The number of carbonyl (C=O) groups is 1. The topological polar surface area (TPSA) is 45.2 Å². The van der Waals surface area contributed by atoms with E-state index in [-0.39, 0.29) is 11.7 Å². The van der Waals surface area contributed by atoms with Crippen LogP contribution in [0.1, 0.15) is 17.3 Å². The van der Waals surface area contributed by atoms with Gasteiger partial charge in [-0.2, -0.15) is 0 Å². The van der Waals surface area contributed by atoms with Crippen molar-refractivity contribution in [2.75, 3.05) is 23.8 Å². The van der Waals surface area contributed by atoms with E-state index >= 15 is 0 Å². The molecule has 1 amide bonds. The molecule has 4 nitrogen and oxygen atoms in total. The highest BCUT2D eigenvalue weighted by Gasteiger charge is 2.19. The Morgan fingerprint density at radius 2 is 2.15 bits per heavy atom. The predicted octanol–water partition coefficient (Wildman–Crippen LogP) is 2.93. The molecule has 0 fully saturated rings. The van der Waals surface area contributed by atoms with Crippen LogP contribution in [-0.2, 0) is 0 Å². The number of hydrogen-bond acceptors (Lipinski definition) is 3. The van der Waals surface area contributed by atoms with Crippen molar-refractivity contribution in [1.82, 2.24) is 4.98 Å². The smallest absolute Gasteiger partial charge is 0.262 e. The van der Waals surface area contributed by atoms with E-state index in [9.17, 15) is 9.18 Å². The molecule has 20 heavy (non-hydrogen) atoms. The van der Waals surface area contributed by atoms with Gasteiger partial charge in [0.2, 0.25) is 0 Å². The van der Waals surface area contributed by atoms with E-state index in [1.165, 1.54) is 17.0 Å². The van der Waals surface area contributed by atoms with Gasteiger partial charge in [-0.15, -0.1) is 0 Å². The van der Waals surface area contributed by atoms with Gasteiger partial charge in [0.15, 0.2) is 0 Å². The Balaban J connectivity index is 2.39. The lowest BCUT2D eigenvalue weighted by Gasteiger charge is -2.22. The summed E-state index contributed by atoms with van der Waals surface area (Å²) in [5.74, 6) is -0.0725. The Morgan fingerprint density at radius 1 is 1.35 bits per heavy atom. The lowest BCUT2D eigenvalue weighted by atomic mass is 10.2. The summed E-state index contributed by atoms with van der Waals surface area (Å²) in [5.41, 5.74) is 0.990. The summed E-state index contributed by atoms with van der Waals surface area (Å²) in [6.07, 6.45) is 1.61. The monoisotopic (exact) mass is 273 g/mol. The van der Waals surface area contributed by atoms with Crippen LogP contribution in [0.25, 0.3) is 0 Å². The molecule has 0 radical (unpaired) electrons. The number of hydrogen-bond donors (Lipinski definition) is 1. The molecular weight excluding hydrogens is 257 g/mol. The molecule has 0 aliphatic carbocycles. The van der Waals surface area contributed by atoms with Gasteiger partial charge in [-0.1, -0.05) is 6.07 Å². The van der Waals surface area contributed by atoms with E-state index in [1.807, 2.05) is 6.92 Å². The lowest BCUT2D eigenvalue weighted by molar-refractivity contribution is 0.0989. The van der Waals surface area contributed by atoms with Crippen LogP contribution in [0.15, 0.2) is 42.6 Å². The molecule has 0 bridgehead atoms. The fourth-order valence-corrected chi connectivity index (χ4v) is 2.01. The molecule has 1 aromatic carbocycles. The maximum atomic E-state index is 13.3. The van der Waals surface area contributed by atoms with Crippen LogP contribution >= 0.6 is 0 Å². The van der Waals surface area contributed by atoms with Gasteiger partial charge in [0.05, 0.1) is 5.56 Å². The maximum Gasteiger partial charge on any atom is 0.262 e. The van der Waals surface area contributed by atoms with E-state index in [0.717, 1.165) is 0 Å². The molecule has 2 rings (SSSR count). The molecule has 5 heteroatoms. The minimum absolute atomic E-state index is 0.212. The molecule has 0 saturated carbocycles. The third kappa shape index (κ3) is 2.77. The highest BCUT2D eigenvalue weighted by molar-refractivity contribution is 6.09. The van der Waals surface area contributed by atoms with Gasteiger partial charge in [0.1, 0.15) is 11.6 Å². The van der Waals surface area contributed by atoms with Crippen LogP contribution in [-0.4, -0.2) is 24.5 Å². The molecule has 0 atom stereocenters. The number of benzene rings is 1. The maximum absolute atomic E-state index is 13.3. The van der Waals surface area contributed by atoms with Crippen molar-refractivity contribution < 1.29 is 9.18 Å². The molecule has 0 aliphatic heterocycles. The van der Waals surface area contributed by atoms with E-state index in [0.29, 0.717) is 23.6 Å². The molecule has 0 saturated heterocycles. The van der Waals surface area contributed by atoms with Crippen molar-refractivity contribution in [3.05, 3.63) is 54.0 Å². The molecule has 0 unspecified atom stereocenters. The van der Waals surface area contributed by atoms with Gasteiger partial charge in [0, 0.05) is 25.5 Å². The predicted molar refractivity (Wildman–Crippen MR) is 77.5 cm³/mol. The largest absolute Gasteiger partial charge is 0.372 e. The molecule has 104 valence electrons. The van der Waals surface area contributed by atoms with Crippen molar-refractivity contribution in [1.29, 1.82) is 0 Å². The Hall–Kier alpha value is -2.43. The highest BCUT2D eigenvalue weighted by Crippen LogP contribution is 2.20. The fraction of sp³-hybridized carbons (Fsp3) is 0.200. The summed E-state index contributed by atoms with van der Waals surface area (Å²) < 4.78 is 13.3. The minimum atomic E-state index is -0.367. The number of nitrogens with zero attached hydrogens (tertiary/aromatic N) is 2. The highest BCUT2D eigenvalue weighted by atomic mass is 19.1. The number of amides is 1. The van der Waals surface area contributed by atoms with E-state index < -0.39 is 0 Å². The van der Waals surface area contributed by atoms with Gasteiger partial charge in [-0.3, -0.25) is 4.79 Å². The number of pyridine rings is 1. The summed E-state index contributed by atoms with van der Waals surface area (Å²) in [5, 5.41) is 2.89. The van der Waals surface area contributed by atoms with Gasteiger partial charge in [-0.25, -0.2) is 9.37 Å². The normalized spacial score (nSPS) is 10.2. The van der Waals surface area contributed by atoms with Crippen molar-refractivity contribution in [2.45, 2.75) is 6.92 Å². The molecule has 1 aromatic heterocycles. The first-order valence-corrected chi connectivity index (χ1v) is 6.37. The van der Waals surface area contributed by atoms with Crippen LogP contribution in [0.5, 0.6) is 0 Å². The third-order valence-electron chi connectivity index (χ3n) is 2.96. The quantitative estimate of drug-likeness (QED) is 0.931. The second-order valence-electron chi connectivity index (χ2n) is 4.18. The first kappa shape index (κ1) is 14.0. The lowest BCUT2D eigenvalue weighted by Crippen LogP contribution is -2.31. The summed E-state index contributed by atoms with van der Waals surface area (Å²) in [6, 6.07) is 9.39. The summed E-state index contributed by atoms with van der Waals surface area (Å²) in [4.78, 5) is 18.2. The molecule has 0 aliphatic rings. The van der Waals surface area contributed by atoms with Gasteiger partial charge in [-0.05, 0) is 37.3 Å². The average molecular weight is 273 g/mol. The van der Waals surface area contributed by atoms with Crippen molar-refractivity contribution >= 4 is 17.4 Å². The third-order valence-corrected chi connectivity index (χ3v) is 2.96.